The van der Waals surface area contributed by atoms with Gasteiger partial charge in [0.25, 0.3) is 0 Å². The summed E-state index contributed by atoms with van der Waals surface area (Å²) in [6.07, 6.45) is 4.23. The molecule has 0 saturated heterocycles. The molecule has 0 saturated carbocycles. The molecule has 0 radical (unpaired) electrons. The van der Waals surface area contributed by atoms with Crippen molar-refractivity contribution in [2.45, 2.75) is 39.8 Å². The standard InChI is InChI=1S/C23H26N2O4/c1-4-28-21-13-19-10-15(2)29-22(19)12-18(21)8-9-23(27)24-14-17-6-5-7-20(11-17)25-16(3)26/h5-9,11-13,15H,4,10,14H2,1-3H3,(H,24,27)(H,25,26)/b9-8+. The van der Waals surface area contributed by atoms with Gasteiger partial charge in [-0.25, -0.2) is 0 Å². The second kappa shape index (κ2) is 9.28. The average molecular weight is 394 g/mol. The minimum absolute atomic E-state index is 0.132. The zero-order chi connectivity index (χ0) is 20.8. The van der Waals surface area contributed by atoms with Crippen molar-refractivity contribution in [3.8, 4) is 11.5 Å². The molecule has 0 aliphatic carbocycles. The Morgan fingerprint density at radius 1 is 1.28 bits per heavy atom. The quantitative estimate of drug-likeness (QED) is 0.702. The van der Waals surface area contributed by atoms with Crippen LogP contribution in [0.5, 0.6) is 11.5 Å². The Morgan fingerprint density at radius 2 is 2.10 bits per heavy atom. The summed E-state index contributed by atoms with van der Waals surface area (Å²) in [6.45, 7) is 6.33. The Morgan fingerprint density at radius 3 is 2.86 bits per heavy atom. The van der Waals surface area contributed by atoms with Gasteiger partial charge >= 0.3 is 0 Å². The van der Waals surface area contributed by atoms with Crippen LogP contribution in [0.4, 0.5) is 5.69 Å². The van der Waals surface area contributed by atoms with Crippen LogP contribution in [0.15, 0.2) is 42.5 Å². The first-order valence-electron chi connectivity index (χ1n) is 9.73. The number of amides is 2. The topological polar surface area (TPSA) is 76.7 Å². The Balaban J connectivity index is 1.65. The lowest BCUT2D eigenvalue weighted by Gasteiger charge is -2.10. The molecule has 2 aromatic carbocycles. The van der Waals surface area contributed by atoms with Gasteiger partial charge < -0.3 is 20.1 Å². The van der Waals surface area contributed by atoms with Crippen molar-refractivity contribution >= 4 is 23.6 Å². The maximum atomic E-state index is 12.3. The third-order valence-corrected chi connectivity index (χ3v) is 4.46. The van der Waals surface area contributed by atoms with Crippen LogP contribution in [0, 0.1) is 0 Å². The van der Waals surface area contributed by atoms with Crippen molar-refractivity contribution in [3.63, 3.8) is 0 Å². The molecule has 152 valence electrons. The molecule has 1 aliphatic rings. The molecule has 6 heteroatoms. The number of fused-ring (bicyclic) bond motifs is 1. The lowest BCUT2D eigenvalue weighted by Crippen LogP contribution is -2.20. The Bertz CT molecular complexity index is 936. The van der Waals surface area contributed by atoms with E-state index in [0.717, 1.165) is 34.6 Å². The lowest BCUT2D eigenvalue weighted by molar-refractivity contribution is -0.116. The Hall–Kier alpha value is -3.28. The molecular weight excluding hydrogens is 368 g/mol. The van der Waals surface area contributed by atoms with Crippen molar-refractivity contribution in [1.29, 1.82) is 0 Å². The number of carbonyl (C=O) groups excluding carboxylic acids is 2. The van der Waals surface area contributed by atoms with Crippen LogP contribution in [0.1, 0.15) is 37.5 Å². The fourth-order valence-corrected chi connectivity index (χ4v) is 3.24. The zero-order valence-corrected chi connectivity index (χ0v) is 17.0. The van der Waals surface area contributed by atoms with Crippen LogP contribution in [-0.4, -0.2) is 24.5 Å². The molecule has 2 aromatic rings. The summed E-state index contributed by atoms with van der Waals surface area (Å²) in [4.78, 5) is 23.4. The maximum absolute atomic E-state index is 12.3. The first-order valence-corrected chi connectivity index (χ1v) is 9.73. The monoisotopic (exact) mass is 394 g/mol. The second-order valence-electron chi connectivity index (χ2n) is 7.00. The Labute approximate surface area is 170 Å². The van der Waals surface area contributed by atoms with Gasteiger partial charge in [-0.15, -0.1) is 0 Å². The van der Waals surface area contributed by atoms with Gasteiger partial charge in [-0.1, -0.05) is 12.1 Å². The van der Waals surface area contributed by atoms with Crippen LogP contribution in [0.2, 0.25) is 0 Å². The summed E-state index contributed by atoms with van der Waals surface area (Å²) < 4.78 is 11.5. The van der Waals surface area contributed by atoms with Crippen molar-refractivity contribution in [2.75, 3.05) is 11.9 Å². The van der Waals surface area contributed by atoms with Gasteiger partial charge in [0, 0.05) is 42.8 Å². The van der Waals surface area contributed by atoms with Crippen molar-refractivity contribution in [1.82, 2.24) is 5.32 Å². The average Bonchev–Trinajstić information content (AvgIpc) is 3.03. The van der Waals surface area contributed by atoms with E-state index >= 15 is 0 Å². The lowest BCUT2D eigenvalue weighted by atomic mass is 10.1. The fourth-order valence-electron chi connectivity index (χ4n) is 3.24. The van der Waals surface area contributed by atoms with Gasteiger partial charge in [-0.05, 0) is 49.8 Å². The van der Waals surface area contributed by atoms with Gasteiger partial charge in [-0.2, -0.15) is 0 Å². The molecule has 0 fully saturated rings. The van der Waals surface area contributed by atoms with Crippen molar-refractivity contribution in [3.05, 3.63) is 59.2 Å². The van der Waals surface area contributed by atoms with Crippen LogP contribution >= 0.6 is 0 Å². The van der Waals surface area contributed by atoms with E-state index in [4.69, 9.17) is 9.47 Å². The summed E-state index contributed by atoms with van der Waals surface area (Å²) in [5.74, 6) is 1.24. The van der Waals surface area contributed by atoms with E-state index in [1.807, 2.05) is 44.2 Å². The van der Waals surface area contributed by atoms with Crippen LogP contribution in [0.25, 0.3) is 6.08 Å². The third kappa shape index (κ3) is 5.60. The van der Waals surface area contributed by atoms with E-state index in [2.05, 4.69) is 10.6 Å². The zero-order valence-electron chi connectivity index (χ0n) is 17.0. The highest BCUT2D eigenvalue weighted by Gasteiger charge is 2.21. The van der Waals surface area contributed by atoms with E-state index in [1.54, 1.807) is 12.1 Å². The minimum atomic E-state index is -0.216. The van der Waals surface area contributed by atoms with Gasteiger partial charge in [0.05, 0.1) is 6.61 Å². The first-order chi connectivity index (χ1) is 13.9. The molecule has 29 heavy (non-hydrogen) atoms. The largest absolute Gasteiger partial charge is 0.493 e. The van der Waals surface area contributed by atoms with Crippen molar-refractivity contribution in [2.24, 2.45) is 0 Å². The predicted molar refractivity (Wildman–Crippen MR) is 113 cm³/mol. The summed E-state index contributed by atoms with van der Waals surface area (Å²) in [5, 5.41) is 5.58. The fraction of sp³-hybridized carbons (Fsp3) is 0.304. The molecule has 0 spiro atoms. The van der Waals surface area contributed by atoms with E-state index in [0.29, 0.717) is 18.8 Å². The van der Waals surface area contributed by atoms with E-state index < -0.39 is 0 Å². The highest BCUT2D eigenvalue weighted by atomic mass is 16.5. The number of benzene rings is 2. The highest BCUT2D eigenvalue weighted by Crippen LogP contribution is 2.35. The molecule has 2 N–H and O–H groups in total. The summed E-state index contributed by atoms with van der Waals surface area (Å²) >= 11 is 0. The van der Waals surface area contributed by atoms with Gasteiger partial charge in [0.15, 0.2) is 0 Å². The first kappa shape index (κ1) is 20.5. The molecule has 6 nitrogen and oxygen atoms in total. The predicted octanol–water partition coefficient (Wildman–Crippen LogP) is 3.70. The molecule has 3 rings (SSSR count). The number of anilines is 1. The van der Waals surface area contributed by atoms with Gasteiger partial charge in [-0.3, -0.25) is 9.59 Å². The normalized spacial score (nSPS) is 14.9. The molecule has 1 aliphatic heterocycles. The molecule has 0 bridgehead atoms. The van der Waals surface area contributed by atoms with Crippen molar-refractivity contribution < 1.29 is 19.1 Å². The summed E-state index contributed by atoms with van der Waals surface area (Å²) in [5.41, 5.74) is 3.53. The molecule has 2 amide bonds. The summed E-state index contributed by atoms with van der Waals surface area (Å²) in [6, 6.07) is 11.3. The summed E-state index contributed by atoms with van der Waals surface area (Å²) in [7, 11) is 0. The number of hydrogen-bond acceptors (Lipinski definition) is 4. The highest BCUT2D eigenvalue weighted by molar-refractivity contribution is 5.92. The van der Waals surface area contributed by atoms with Crippen LogP contribution in [-0.2, 0) is 22.6 Å². The number of nitrogens with one attached hydrogen (secondary N) is 2. The maximum Gasteiger partial charge on any atom is 0.244 e. The Kier molecular flexibility index (Phi) is 6.54. The number of hydrogen-bond donors (Lipinski definition) is 2. The molecule has 1 unspecified atom stereocenters. The van der Waals surface area contributed by atoms with Crippen LogP contribution < -0.4 is 20.1 Å². The van der Waals surface area contributed by atoms with Gasteiger partial charge in [0.1, 0.15) is 17.6 Å². The molecular formula is C23H26N2O4. The number of ether oxygens (including phenoxy) is 2. The number of rotatable bonds is 7. The van der Waals surface area contributed by atoms with E-state index in [-0.39, 0.29) is 17.9 Å². The second-order valence-corrected chi connectivity index (χ2v) is 7.00. The number of carbonyl (C=O) groups is 2. The molecule has 1 atom stereocenters. The molecule has 0 aromatic heterocycles. The SMILES string of the molecule is CCOc1cc2c(cc1/C=C/C(=O)NCc1cccc(NC(C)=O)c1)OC(C)C2. The third-order valence-electron chi connectivity index (χ3n) is 4.46. The van der Waals surface area contributed by atoms with Gasteiger partial charge in [0.2, 0.25) is 11.8 Å². The van der Waals surface area contributed by atoms with E-state index in [9.17, 15) is 9.59 Å². The minimum Gasteiger partial charge on any atom is -0.493 e. The van der Waals surface area contributed by atoms with E-state index in [1.165, 1.54) is 13.0 Å². The molecule has 1 heterocycles. The van der Waals surface area contributed by atoms with Crippen LogP contribution in [0.3, 0.4) is 0 Å². The smallest absolute Gasteiger partial charge is 0.244 e.